The Balaban J connectivity index is 1.96. The lowest BCUT2D eigenvalue weighted by Crippen LogP contribution is -2.28. The van der Waals surface area contributed by atoms with E-state index in [1.165, 1.54) is 56.1 Å². The molecule has 0 amide bonds. The molecule has 4 nitrogen and oxygen atoms in total. The van der Waals surface area contributed by atoms with Crippen LogP contribution in [-0.4, -0.2) is 16.4 Å². The molecule has 1 aliphatic carbocycles. The van der Waals surface area contributed by atoms with Crippen molar-refractivity contribution in [2.45, 2.75) is 76.0 Å². The fourth-order valence-electron chi connectivity index (χ4n) is 4.68. The van der Waals surface area contributed by atoms with Crippen LogP contribution in [0.4, 0.5) is 4.79 Å². The van der Waals surface area contributed by atoms with Crippen LogP contribution in [0.5, 0.6) is 11.5 Å². The number of phenolic OH excluding ortho intramolecular Hbond substituents is 1. The molecule has 2 N–H and O–H groups in total. The Hall–Kier alpha value is -2.49. The maximum Gasteiger partial charge on any atom is 0.511 e. The predicted octanol–water partition coefficient (Wildman–Crippen LogP) is 7.04. The first-order chi connectivity index (χ1) is 14.1. The van der Waals surface area contributed by atoms with Gasteiger partial charge in [-0.2, -0.15) is 0 Å². The molecule has 0 radical (unpaired) electrons. The van der Waals surface area contributed by atoms with Gasteiger partial charge in [-0.05, 0) is 48.2 Å². The van der Waals surface area contributed by atoms with Gasteiger partial charge in [0.2, 0.25) is 0 Å². The van der Waals surface area contributed by atoms with Crippen LogP contribution < -0.4 is 4.74 Å². The van der Waals surface area contributed by atoms with Crippen LogP contribution >= 0.6 is 0 Å². The van der Waals surface area contributed by atoms with Crippen molar-refractivity contribution in [3.05, 3.63) is 59.7 Å². The normalized spacial score (nSPS) is 18.2. The topological polar surface area (TPSA) is 66.8 Å². The summed E-state index contributed by atoms with van der Waals surface area (Å²) < 4.78 is 4.81. The van der Waals surface area contributed by atoms with Gasteiger partial charge in [-0.15, -0.1) is 0 Å². The molecule has 0 bridgehead atoms. The van der Waals surface area contributed by atoms with E-state index in [1.807, 2.05) is 24.3 Å². The Morgan fingerprint density at radius 2 is 1.10 bits per heavy atom. The van der Waals surface area contributed by atoms with Crippen molar-refractivity contribution in [3.63, 3.8) is 0 Å². The number of hydrogen-bond acceptors (Lipinski definition) is 3. The predicted molar refractivity (Wildman–Crippen MR) is 115 cm³/mol. The smallest absolute Gasteiger partial charge is 0.508 e. The van der Waals surface area contributed by atoms with Crippen molar-refractivity contribution in [1.29, 1.82) is 0 Å². The minimum atomic E-state index is -1.29. The van der Waals surface area contributed by atoms with Gasteiger partial charge < -0.3 is 14.9 Å². The Kier molecular flexibility index (Phi) is 7.56. The molecule has 0 aromatic heterocycles. The molecule has 156 valence electrons. The second-order valence-electron chi connectivity index (χ2n) is 8.20. The van der Waals surface area contributed by atoms with Gasteiger partial charge in [0, 0.05) is 5.41 Å². The number of carbonyl (C=O) groups is 1. The van der Waals surface area contributed by atoms with Gasteiger partial charge in [0.25, 0.3) is 0 Å². The molecule has 0 unspecified atom stereocenters. The van der Waals surface area contributed by atoms with Gasteiger partial charge >= 0.3 is 6.16 Å². The zero-order valence-electron chi connectivity index (χ0n) is 17.1. The summed E-state index contributed by atoms with van der Waals surface area (Å²) in [5.41, 5.74) is 2.28. The SMILES string of the molecule is O=C(O)Oc1ccc(C2(c3ccc(O)cc3)CCCCCCCCCCC2)cc1. The molecule has 0 atom stereocenters. The number of aromatic hydroxyl groups is 1. The number of rotatable bonds is 3. The highest BCUT2D eigenvalue weighted by atomic mass is 16.7. The molecule has 2 aromatic carbocycles. The summed E-state index contributed by atoms with van der Waals surface area (Å²) in [6.45, 7) is 0. The number of hydrogen-bond donors (Lipinski definition) is 2. The van der Waals surface area contributed by atoms with E-state index < -0.39 is 6.16 Å². The molecule has 1 aliphatic rings. The third-order valence-electron chi connectivity index (χ3n) is 6.24. The van der Waals surface area contributed by atoms with Crippen LogP contribution in [0.2, 0.25) is 0 Å². The van der Waals surface area contributed by atoms with Crippen molar-refractivity contribution in [1.82, 2.24) is 0 Å². The van der Waals surface area contributed by atoms with Gasteiger partial charge in [-0.3, -0.25) is 0 Å². The summed E-state index contributed by atoms with van der Waals surface area (Å²) in [4.78, 5) is 10.8. The Bertz CT molecular complexity index is 752. The maximum atomic E-state index is 10.8. The number of ether oxygens (including phenoxy) is 1. The lowest BCUT2D eigenvalue weighted by Gasteiger charge is -2.36. The monoisotopic (exact) mass is 396 g/mol. The van der Waals surface area contributed by atoms with Gasteiger partial charge in [-0.1, -0.05) is 82.1 Å². The second kappa shape index (κ2) is 10.3. The summed E-state index contributed by atoms with van der Waals surface area (Å²) in [5.74, 6) is 0.623. The van der Waals surface area contributed by atoms with Gasteiger partial charge in [0.05, 0.1) is 0 Å². The minimum Gasteiger partial charge on any atom is -0.508 e. The van der Waals surface area contributed by atoms with Gasteiger partial charge in [0.1, 0.15) is 11.5 Å². The summed E-state index contributed by atoms with van der Waals surface area (Å²) in [5, 5.41) is 18.7. The average molecular weight is 397 g/mol. The van der Waals surface area contributed by atoms with Crippen LogP contribution in [0.3, 0.4) is 0 Å². The Morgan fingerprint density at radius 3 is 1.55 bits per heavy atom. The lowest BCUT2D eigenvalue weighted by molar-refractivity contribution is 0.144. The van der Waals surface area contributed by atoms with Crippen LogP contribution in [0.15, 0.2) is 48.5 Å². The first kappa shape index (κ1) is 21.2. The fourth-order valence-corrected chi connectivity index (χ4v) is 4.68. The van der Waals surface area contributed by atoms with Crippen LogP contribution in [0.1, 0.15) is 81.8 Å². The summed E-state index contributed by atoms with van der Waals surface area (Å²) in [7, 11) is 0. The van der Waals surface area contributed by atoms with Crippen molar-refractivity contribution >= 4 is 6.16 Å². The van der Waals surface area contributed by atoms with Crippen molar-refractivity contribution in [2.24, 2.45) is 0 Å². The molecule has 2 aromatic rings. The van der Waals surface area contributed by atoms with E-state index in [1.54, 1.807) is 24.3 Å². The summed E-state index contributed by atoms with van der Waals surface area (Å²) in [6, 6.07) is 15.2. The van der Waals surface area contributed by atoms with Crippen LogP contribution in [-0.2, 0) is 5.41 Å². The van der Waals surface area contributed by atoms with Crippen molar-refractivity contribution in [3.8, 4) is 11.5 Å². The molecular formula is C25H32O4. The number of benzene rings is 2. The molecule has 0 saturated heterocycles. The molecule has 1 fully saturated rings. The largest absolute Gasteiger partial charge is 0.511 e. The van der Waals surface area contributed by atoms with E-state index in [9.17, 15) is 9.90 Å². The first-order valence-corrected chi connectivity index (χ1v) is 10.9. The standard InChI is InChI=1S/C25H32O4/c26-22-14-10-20(11-15-22)25(21-12-16-23(17-13-21)29-24(27)28)18-8-6-4-2-1-3-5-7-9-19-25/h10-17,26H,1-9,18-19H2,(H,27,28). The van der Waals surface area contributed by atoms with E-state index in [2.05, 4.69) is 0 Å². The van der Waals surface area contributed by atoms with E-state index >= 15 is 0 Å². The van der Waals surface area contributed by atoms with Crippen LogP contribution in [0.25, 0.3) is 0 Å². The van der Waals surface area contributed by atoms with E-state index in [-0.39, 0.29) is 11.2 Å². The zero-order valence-corrected chi connectivity index (χ0v) is 17.1. The molecule has 0 spiro atoms. The lowest BCUT2D eigenvalue weighted by atomic mass is 9.67. The van der Waals surface area contributed by atoms with Gasteiger partial charge in [-0.25, -0.2) is 4.79 Å². The van der Waals surface area contributed by atoms with E-state index in [0.717, 1.165) is 25.7 Å². The third kappa shape index (κ3) is 5.75. The maximum absolute atomic E-state index is 10.8. The third-order valence-corrected chi connectivity index (χ3v) is 6.24. The highest BCUT2D eigenvalue weighted by Gasteiger charge is 2.33. The van der Waals surface area contributed by atoms with Crippen molar-refractivity contribution in [2.75, 3.05) is 0 Å². The summed E-state index contributed by atoms with van der Waals surface area (Å²) >= 11 is 0. The van der Waals surface area contributed by atoms with Gasteiger partial charge in [0.15, 0.2) is 0 Å². The minimum absolute atomic E-state index is 0.130. The van der Waals surface area contributed by atoms with Crippen molar-refractivity contribution < 1.29 is 19.7 Å². The highest BCUT2D eigenvalue weighted by molar-refractivity contribution is 5.61. The fraction of sp³-hybridized carbons (Fsp3) is 0.480. The average Bonchev–Trinajstić information content (AvgIpc) is 2.70. The number of phenols is 1. The molecule has 1 saturated carbocycles. The second-order valence-corrected chi connectivity index (χ2v) is 8.20. The highest BCUT2D eigenvalue weighted by Crippen LogP contribution is 2.43. The molecule has 29 heavy (non-hydrogen) atoms. The quantitative estimate of drug-likeness (QED) is 0.431. The Morgan fingerprint density at radius 1 is 0.690 bits per heavy atom. The molecule has 0 aliphatic heterocycles. The molecular weight excluding hydrogens is 364 g/mol. The molecule has 0 heterocycles. The molecule has 4 heteroatoms. The summed E-state index contributed by atoms with van der Waals surface area (Å²) in [6.07, 6.45) is 12.2. The van der Waals surface area contributed by atoms with E-state index in [0.29, 0.717) is 5.75 Å². The first-order valence-electron chi connectivity index (χ1n) is 10.9. The number of carboxylic acid groups (broad SMARTS) is 1. The molecule has 3 rings (SSSR count). The van der Waals surface area contributed by atoms with Crippen LogP contribution in [0, 0.1) is 0 Å². The Labute approximate surface area is 173 Å². The zero-order chi connectivity index (χ0) is 20.5. The van der Waals surface area contributed by atoms with E-state index in [4.69, 9.17) is 9.84 Å².